The number of nitrogens with one attached hydrogen (secondary N) is 1. The second-order valence-corrected chi connectivity index (χ2v) is 8.73. The molecule has 0 aliphatic rings. The maximum absolute atomic E-state index is 12.6. The van der Waals surface area contributed by atoms with Gasteiger partial charge in [0.2, 0.25) is 0 Å². The summed E-state index contributed by atoms with van der Waals surface area (Å²) in [5.74, 6) is 1.91. The molecule has 1 N–H and O–H groups in total. The second kappa shape index (κ2) is 9.55. The molecule has 35 heavy (non-hydrogen) atoms. The van der Waals surface area contributed by atoms with E-state index in [-0.39, 0.29) is 12.5 Å². The van der Waals surface area contributed by atoms with E-state index in [1.807, 2.05) is 56.3 Å². The third-order valence-electron chi connectivity index (χ3n) is 6.00. The van der Waals surface area contributed by atoms with Crippen molar-refractivity contribution >= 4 is 33.4 Å². The zero-order valence-electron chi connectivity index (χ0n) is 20.2. The van der Waals surface area contributed by atoms with Gasteiger partial charge in [0, 0.05) is 34.0 Å². The Kier molecular flexibility index (Phi) is 6.15. The molecule has 0 saturated heterocycles. The van der Waals surface area contributed by atoms with Crippen molar-refractivity contribution in [3.8, 4) is 17.2 Å². The number of para-hydroxylation sites is 1. The minimum atomic E-state index is -0.209. The standard InChI is InChI=1S/C30H28N2O3/c1-4-32-28-8-6-5-7-26(28)27-18-22(9-14-29(27)32)31-30(33)19-34-23-10-12-24(13-11-23)35-25-16-20(2)15-21(3)17-25/h5-18H,4,19H2,1-3H3,(H,31,33). The predicted octanol–water partition coefficient (Wildman–Crippen LogP) is 7.24. The summed E-state index contributed by atoms with van der Waals surface area (Å²) in [6.07, 6.45) is 0. The molecule has 0 saturated carbocycles. The summed E-state index contributed by atoms with van der Waals surface area (Å²) in [6.45, 7) is 7.04. The van der Waals surface area contributed by atoms with Crippen molar-refractivity contribution in [3.63, 3.8) is 0 Å². The molecule has 1 heterocycles. The average molecular weight is 465 g/mol. The molecule has 1 aromatic heterocycles. The van der Waals surface area contributed by atoms with Gasteiger partial charge in [0.1, 0.15) is 17.2 Å². The van der Waals surface area contributed by atoms with Crippen LogP contribution < -0.4 is 14.8 Å². The summed E-state index contributed by atoms with van der Waals surface area (Å²) in [7, 11) is 0. The van der Waals surface area contributed by atoms with Crippen LogP contribution in [0.15, 0.2) is 84.9 Å². The van der Waals surface area contributed by atoms with Gasteiger partial charge in [0.05, 0.1) is 0 Å². The van der Waals surface area contributed by atoms with Crippen LogP contribution in [0.2, 0.25) is 0 Å². The number of anilines is 1. The lowest BCUT2D eigenvalue weighted by molar-refractivity contribution is -0.118. The van der Waals surface area contributed by atoms with Crippen molar-refractivity contribution in [2.75, 3.05) is 11.9 Å². The number of nitrogens with zero attached hydrogens (tertiary/aromatic N) is 1. The Labute approximate surface area is 204 Å². The molecule has 1 amide bonds. The van der Waals surface area contributed by atoms with Crippen molar-refractivity contribution in [3.05, 3.63) is 96.1 Å². The smallest absolute Gasteiger partial charge is 0.262 e. The van der Waals surface area contributed by atoms with Crippen molar-refractivity contribution in [2.24, 2.45) is 0 Å². The van der Waals surface area contributed by atoms with Crippen LogP contribution in [0.5, 0.6) is 17.2 Å². The Hall–Kier alpha value is -4.25. The van der Waals surface area contributed by atoms with Gasteiger partial charge < -0.3 is 19.4 Å². The summed E-state index contributed by atoms with van der Waals surface area (Å²) in [5.41, 5.74) is 5.41. The highest BCUT2D eigenvalue weighted by Crippen LogP contribution is 2.31. The van der Waals surface area contributed by atoms with E-state index >= 15 is 0 Å². The molecule has 0 spiro atoms. The minimum absolute atomic E-state index is 0.0773. The SMILES string of the molecule is CCn1c2ccccc2c2cc(NC(=O)COc3ccc(Oc4cc(C)cc(C)c4)cc3)ccc21. The number of fused-ring (bicyclic) bond motifs is 3. The number of aromatic nitrogens is 1. The van der Waals surface area contributed by atoms with Crippen LogP contribution in [-0.2, 0) is 11.3 Å². The fourth-order valence-corrected chi connectivity index (χ4v) is 4.55. The van der Waals surface area contributed by atoms with E-state index in [1.54, 1.807) is 12.1 Å². The molecule has 5 nitrogen and oxygen atoms in total. The van der Waals surface area contributed by atoms with Gasteiger partial charge in [-0.3, -0.25) is 4.79 Å². The van der Waals surface area contributed by atoms with Crippen molar-refractivity contribution in [2.45, 2.75) is 27.3 Å². The molecule has 0 radical (unpaired) electrons. The topological polar surface area (TPSA) is 52.5 Å². The van der Waals surface area contributed by atoms with Gasteiger partial charge in [0.15, 0.2) is 6.61 Å². The normalized spacial score (nSPS) is 11.1. The molecular weight excluding hydrogens is 436 g/mol. The van der Waals surface area contributed by atoms with Gasteiger partial charge in [0.25, 0.3) is 5.91 Å². The largest absolute Gasteiger partial charge is 0.484 e. The first-order chi connectivity index (χ1) is 17.0. The zero-order valence-corrected chi connectivity index (χ0v) is 20.2. The van der Waals surface area contributed by atoms with E-state index in [2.05, 4.69) is 47.1 Å². The van der Waals surface area contributed by atoms with E-state index in [9.17, 15) is 4.79 Å². The van der Waals surface area contributed by atoms with Gasteiger partial charge >= 0.3 is 0 Å². The van der Waals surface area contributed by atoms with Gasteiger partial charge in [-0.1, -0.05) is 24.3 Å². The summed E-state index contributed by atoms with van der Waals surface area (Å²) >= 11 is 0. The van der Waals surface area contributed by atoms with Gasteiger partial charge in [-0.25, -0.2) is 0 Å². The highest BCUT2D eigenvalue weighted by atomic mass is 16.5. The Morgan fingerprint density at radius 2 is 1.46 bits per heavy atom. The molecule has 0 aliphatic heterocycles. The van der Waals surface area contributed by atoms with E-state index in [4.69, 9.17) is 9.47 Å². The molecule has 5 aromatic rings. The third-order valence-corrected chi connectivity index (χ3v) is 6.00. The van der Waals surface area contributed by atoms with Crippen LogP contribution in [0, 0.1) is 13.8 Å². The van der Waals surface area contributed by atoms with Gasteiger partial charge in [-0.2, -0.15) is 0 Å². The van der Waals surface area contributed by atoms with Crippen LogP contribution in [0.25, 0.3) is 21.8 Å². The predicted molar refractivity (Wildman–Crippen MR) is 142 cm³/mol. The van der Waals surface area contributed by atoms with Crippen LogP contribution in [0.1, 0.15) is 18.1 Å². The molecule has 176 valence electrons. The molecule has 0 fully saturated rings. The quantitative estimate of drug-likeness (QED) is 0.276. The van der Waals surface area contributed by atoms with Crippen molar-refractivity contribution in [1.82, 2.24) is 4.57 Å². The number of carbonyl (C=O) groups excluding carboxylic acids is 1. The monoisotopic (exact) mass is 464 g/mol. The number of rotatable bonds is 7. The number of hydrogen-bond acceptors (Lipinski definition) is 3. The summed E-state index contributed by atoms with van der Waals surface area (Å²) in [5, 5.41) is 5.26. The number of carbonyl (C=O) groups is 1. The summed E-state index contributed by atoms with van der Waals surface area (Å²) in [4.78, 5) is 12.6. The van der Waals surface area contributed by atoms with E-state index in [0.717, 1.165) is 40.0 Å². The Morgan fingerprint density at radius 3 is 2.20 bits per heavy atom. The minimum Gasteiger partial charge on any atom is -0.484 e. The van der Waals surface area contributed by atoms with E-state index < -0.39 is 0 Å². The maximum Gasteiger partial charge on any atom is 0.262 e. The fourth-order valence-electron chi connectivity index (χ4n) is 4.55. The zero-order chi connectivity index (χ0) is 24.4. The second-order valence-electron chi connectivity index (χ2n) is 8.73. The molecule has 0 atom stereocenters. The number of ether oxygens (including phenoxy) is 2. The fraction of sp³-hybridized carbons (Fsp3) is 0.167. The molecule has 5 rings (SSSR count). The molecule has 5 heteroatoms. The summed E-state index contributed by atoms with van der Waals surface area (Å²) in [6, 6.07) is 27.7. The molecule has 4 aromatic carbocycles. The number of hydrogen-bond donors (Lipinski definition) is 1. The lowest BCUT2D eigenvalue weighted by atomic mass is 10.1. The van der Waals surface area contributed by atoms with Crippen LogP contribution >= 0.6 is 0 Å². The number of amides is 1. The first-order valence-corrected chi connectivity index (χ1v) is 11.8. The lowest BCUT2D eigenvalue weighted by Gasteiger charge is -2.10. The molecule has 0 aliphatic carbocycles. The summed E-state index contributed by atoms with van der Waals surface area (Å²) < 4.78 is 13.9. The van der Waals surface area contributed by atoms with Gasteiger partial charge in [-0.15, -0.1) is 0 Å². The number of aryl methyl sites for hydroxylation is 3. The van der Waals surface area contributed by atoms with Gasteiger partial charge in [-0.05, 0) is 92.6 Å². The van der Waals surface area contributed by atoms with Crippen LogP contribution in [0.4, 0.5) is 5.69 Å². The van der Waals surface area contributed by atoms with Crippen molar-refractivity contribution in [1.29, 1.82) is 0 Å². The first kappa shape index (κ1) is 22.5. The van der Waals surface area contributed by atoms with Crippen LogP contribution in [-0.4, -0.2) is 17.1 Å². The van der Waals surface area contributed by atoms with E-state index in [1.165, 1.54) is 10.9 Å². The highest BCUT2D eigenvalue weighted by Gasteiger charge is 2.11. The molecule has 0 bridgehead atoms. The third kappa shape index (κ3) is 4.85. The molecule has 0 unspecified atom stereocenters. The number of benzene rings is 4. The Bertz CT molecular complexity index is 1500. The Balaban J connectivity index is 1.22. The average Bonchev–Trinajstić information content (AvgIpc) is 3.16. The lowest BCUT2D eigenvalue weighted by Crippen LogP contribution is -2.20. The molecular formula is C30H28N2O3. The van der Waals surface area contributed by atoms with Crippen LogP contribution in [0.3, 0.4) is 0 Å². The van der Waals surface area contributed by atoms with E-state index in [0.29, 0.717) is 11.5 Å². The van der Waals surface area contributed by atoms with Crippen molar-refractivity contribution < 1.29 is 14.3 Å². The Morgan fingerprint density at radius 1 is 0.771 bits per heavy atom. The maximum atomic E-state index is 12.6. The highest BCUT2D eigenvalue weighted by molar-refractivity contribution is 6.09. The first-order valence-electron chi connectivity index (χ1n) is 11.8.